The van der Waals surface area contributed by atoms with E-state index < -0.39 is 6.10 Å². The predicted molar refractivity (Wildman–Crippen MR) is 252 cm³/mol. The standard InChI is InChI=1S/C53H98O5/c1-4-7-10-13-16-19-22-24-26-27-28-29-32-34-37-40-43-46-52(54)57-50-51(58-53(55)47-44-41-38-35-31-21-18-15-12-9-6-3)49-56-48-45-42-39-36-33-30-25-23-20-17-14-11-8-5-2/h15,18,20,23-24,26,51H,4-14,16-17,19,21-22,25,27-50H2,1-3H3/b18-15-,23-20-,26-24-. The van der Waals surface area contributed by atoms with E-state index in [1.807, 2.05) is 0 Å². The Labute approximate surface area is 361 Å². The van der Waals surface area contributed by atoms with Crippen LogP contribution in [0.4, 0.5) is 0 Å². The van der Waals surface area contributed by atoms with Crippen LogP contribution in [0, 0.1) is 0 Å². The van der Waals surface area contributed by atoms with Gasteiger partial charge in [0, 0.05) is 19.4 Å². The molecule has 58 heavy (non-hydrogen) atoms. The summed E-state index contributed by atoms with van der Waals surface area (Å²) in [6, 6.07) is 0. The summed E-state index contributed by atoms with van der Waals surface area (Å²) >= 11 is 0. The van der Waals surface area contributed by atoms with E-state index >= 15 is 0 Å². The highest BCUT2D eigenvalue weighted by Crippen LogP contribution is 2.14. The molecular formula is C53H98O5. The van der Waals surface area contributed by atoms with Crippen LogP contribution >= 0.6 is 0 Å². The van der Waals surface area contributed by atoms with E-state index in [2.05, 4.69) is 57.2 Å². The average Bonchev–Trinajstić information content (AvgIpc) is 3.22. The minimum Gasteiger partial charge on any atom is -0.462 e. The Bertz CT molecular complexity index is 924. The van der Waals surface area contributed by atoms with Gasteiger partial charge in [0.05, 0.1) is 6.61 Å². The van der Waals surface area contributed by atoms with Crippen molar-refractivity contribution in [1.29, 1.82) is 0 Å². The van der Waals surface area contributed by atoms with Gasteiger partial charge in [-0.05, 0) is 89.9 Å². The van der Waals surface area contributed by atoms with Crippen LogP contribution in [-0.2, 0) is 23.8 Å². The largest absolute Gasteiger partial charge is 0.462 e. The first kappa shape index (κ1) is 56.1. The maximum absolute atomic E-state index is 12.7. The van der Waals surface area contributed by atoms with Crippen LogP contribution in [0.1, 0.15) is 265 Å². The minimum atomic E-state index is -0.541. The van der Waals surface area contributed by atoms with Gasteiger partial charge in [0.25, 0.3) is 0 Å². The molecule has 5 heteroatoms. The molecule has 0 aromatic carbocycles. The van der Waals surface area contributed by atoms with Crippen molar-refractivity contribution in [2.75, 3.05) is 19.8 Å². The van der Waals surface area contributed by atoms with Gasteiger partial charge in [-0.1, -0.05) is 198 Å². The van der Waals surface area contributed by atoms with Gasteiger partial charge >= 0.3 is 11.9 Å². The Morgan fingerprint density at radius 3 is 1.12 bits per heavy atom. The molecule has 0 aromatic heterocycles. The summed E-state index contributed by atoms with van der Waals surface area (Å²) in [6.45, 7) is 7.78. The third kappa shape index (κ3) is 46.8. The topological polar surface area (TPSA) is 61.8 Å². The second kappa shape index (κ2) is 49.5. The van der Waals surface area contributed by atoms with E-state index in [0.29, 0.717) is 19.4 Å². The summed E-state index contributed by atoms with van der Waals surface area (Å²) in [5.74, 6) is -0.407. The summed E-state index contributed by atoms with van der Waals surface area (Å²) in [5, 5.41) is 0. The zero-order valence-corrected chi connectivity index (χ0v) is 39.1. The molecule has 0 N–H and O–H groups in total. The molecular weight excluding hydrogens is 717 g/mol. The maximum Gasteiger partial charge on any atom is 0.306 e. The molecule has 0 aliphatic carbocycles. The lowest BCUT2D eigenvalue weighted by Crippen LogP contribution is -2.30. The number of ether oxygens (including phenoxy) is 3. The van der Waals surface area contributed by atoms with Gasteiger partial charge in [0.2, 0.25) is 0 Å². The van der Waals surface area contributed by atoms with Crippen molar-refractivity contribution >= 4 is 11.9 Å². The molecule has 0 fully saturated rings. The van der Waals surface area contributed by atoms with Crippen molar-refractivity contribution in [2.45, 2.75) is 271 Å². The second-order valence-electron chi connectivity index (χ2n) is 17.1. The Kier molecular flexibility index (Phi) is 47.9. The van der Waals surface area contributed by atoms with Crippen LogP contribution in [-0.4, -0.2) is 37.9 Å². The van der Waals surface area contributed by atoms with E-state index in [1.54, 1.807) is 0 Å². The molecule has 0 bridgehead atoms. The normalized spacial score (nSPS) is 12.4. The maximum atomic E-state index is 12.7. The molecule has 0 radical (unpaired) electrons. The molecule has 340 valence electrons. The fourth-order valence-electron chi connectivity index (χ4n) is 7.25. The average molecular weight is 815 g/mol. The van der Waals surface area contributed by atoms with Crippen molar-refractivity contribution in [3.63, 3.8) is 0 Å². The summed E-state index contributed by atoms with van der Waals surface area (Å²) in [7, 11) is 0. The molecule has 0 spiro atoms. The first-order chi connectivity index (χ1) is 28.6. The monoisotopic (exact) mass is 815 g/mol. The lowest BCUT2D eigenvalue weighted by molar-refractivity contribution is -0.163. The van der Waals surface area contributed by atoms with Gasteiger partial charge in [0.1, 0.15) is 6.61 Å². The number of allylic oxidation sites excluding steroid dienone is 6. The van der Waals surface area contributed by atoms with Gasteiger partial charge in [-0.25, -0.2) is 0 Å². The predicted octanol–water partition coefficient (Wildman–Crippen LogP) is 17.0. The number of rotatable bonds is 47. The van der Waals surface area contributed by atoms with Crippen LogP contribution < -0.4 is 0 Å². The molecule has 1 unspecified atom stereocenters. The molecule has 0 aromatic rings. The van der Waals surface area contributed by atoms with Crippen molar-refractivity contribution in [3.8, 4) is 0 Å². The number of hydrogen-bond acceptors (Lipinski definition) is 5. The molecule has 0 amide bonds. The SMILES string of the molecule is CCCC/C=C\CCCCCCCC(=O)OC(COCCCCCCCC/C=C\CCCCCC)COC(=O)CCCCCCCCC/C=C\CCCCCCCC. The van der Waals surface area contributed by atoms with Gasteiger partial charge in [-0.2, -0.15) is 0 Å². The van der Waals surface area contributed by atoms with Crippen LogP contribution in [0.25, 0.3) is 0 Å². The van der Waals surface area contributed by atoms with Crippen LogP contribution in [0.2, 0.25) is 0 Å². The quantitative estimate of drug-likeness (QED) is 0.0348. The molecule has 1 atom stereocenters. The number of unbranched alkanes of at least 4 members (excludes halogenated alkanes) is 30. The Morgan fingerprint density at radius 2 is 0.690 bits per heavy atom. The van der Waals surface area contributed by atoms with Gasteiger partial charge in [0.15, 0.2) is 6.10 Å². The van der Waals surface area contributed by atoms with Crippen molar-refractivity contribution in [2.24, 2.45) is 0 Å². The molecule has 0 saturated carbocycles. The zero-order valence-electron chi connectivity index (χ0n) is 39.1. The van der Waals surface area contributed by atoms with E-state index in [9.17, 15) is 9.59 Å². The van der Waals surface area contributed by atoms with E-state index in [-0.39, 0.29) is 25.2 Å². The first-order valence-corrected chi connectivity index (χ1v) is 25.5. The third-order valence-corrected chi connectivity index (χ3v) is 11.1. The highest BCUT2D eigenvalue weighted by atomic mass is 16.6. The van der Waals surface area contributed by atoms with Gasteiger partial charge in [-0.3, -0.25) is 9.59 Å². The molecule has 0 aliphatic rings. The van der Waals surface area contributed by atoms with Crippen molar-refractivity contribution < 1.29 is 23.8 Å². The smallest absolute Gasteiger partial charge is 0.306 e. The van der Waals surface area contributed by atoms with E-state index in [4.69, 9.17) is 14.2 Å². The van der Waals surface area contributed by atoms with Crippen LogP contribution in [0.15, 0.2) is 36.5 Å². The first-order valence-electron chi connectivity index (χ1n) is 25.5. The second-order valence-corrected chi connectivity index (χ2v) is 17.1. The van der Waals surface area contributed by atoms with Gasteiger partial charge < -0.3 is 14.2 Å². The van der Waals surface area contributed by atoms with Crippen molar-refractivity contribution in [3.05, 3.63) is 36.5 Å². The summed E-state index contributed by atoms with van der Waals surface area (Å²) in [4.78, 5) is 25.3. The molecule has 0 rings (SSSR count). The summed E-state index contributed by atoms with van der Waals surface area (Å²) < 4.78 is 17.4. The molecule has 0 heterocycles. The number of esters is 2. The molecule has 0 aliphatic heterocycles. The third-order valence-electron chi connectivity index (χ3n) is 11.1. The lowest BCUT2D eigenvalue weighted by atomic mass is 10.1. The van der Waals surface area contributed by atoms with Gasteiger partial charge in [-0.15, -0.1) is 0 Å². The highest BCUT2D eigenvalue weighted by Gasteiger charge is 2.17. The summed E-state index contributed by atoms with van der Waals surface area (Å²) in [6.07, 6.45) is 58.6. The van der Waals surface area contributed by atoms with Crippen LogP contribution in [0.3, 0.4) is 0 Å². The zero-order chi connectivity index (χ0) is 42.1. The fraction of sp³-hybridized carbons (Fsp3) is 0.849. The van der Waals surface area contributed by atoms with E-state index in [1.165, 1.54) is 180 Å². The number of hydrogen-bond donors (Lipinski definition) is 0. The Hall–Kier alpha value is -1.88. The Morgan fingerprint density at radius 1 is 0.362 bits per heavy atom. The van der Waals surface area contributed by atoms with Crippen LogP contribution in [0.5, 0.6) is 0 Å². The lowest BCUT2D eigenvalue weighted by Gasteiger charge is -2.18. The number of carbonyl (C=O) groups excluding carboxylic acids is 2. The number of carbonyl (C=O) groups is 2. The summed E-state index contributed by atoms with van der Waals surface area (Å²) in [5.41, 5.74) is 0. The molecule has 0 saturated heterocycles. The van der Waals surface area contributed by atoms with Crippen molar-refractivity contribution in [1.82, 2.24) is 0 Å². The Balaban J connectivity index is 4.22. The fourth-order valence-corrected chi connectivity index (χ4v) is 7.25. The minimum absolute atomic E-state index is 0.0803. The van der Waals surface area contributed by atoms with E-state index in [0.717, 1.165) is 51.4 Å². The molecule has 5 nitrogen and oxygen atoms in total. The highest BCUT2D eigenvalue weighted by molar-refractivity contribution is 5.70.